The Labute approximate surface area is 190 Å². The summed E-state index contributed by atoms with van der Waals surface area (Å²) in [4.78, 5) is 23.4. The summed E-state index contributed by atoms with van der Waals surface area (Å²) in [6, 6.07) is 5.78. The molecule has 0 saturated carbocycles. The third-order valence-corrected chi connectivity index (χ3v) is 6.16. The lowest BCUT2D eigenvalue weighted by Crippen LogP contribution is -2.47. The van der Waals surface area contributed by atoms with Gasteiger partial charge in [-0.15, -0.1) is 0 Å². The predicted molar refractivity (Wildman–Crippen MR) is 124 cm³/mol. The molecule has 32 heavy (non-hydrogen) atoms. The second kappa shape index (κ2) is 10.1. The number of β-amino-alcohol motifs (C(OH)–C–C–N with tert-alkyl or cyclic N) is 1. The number of ether oxygens (including phenoxy) is 2. The third-order valence-electron chi connectivity index (χ3n) is 5.20. The quantitative estimate of drug-likeness (QED) is 0.522. The zero-order valence-corrected chi connectivity index (χ0v) is 19.2. The van der Waals surface area contributed by atoms with E-state index in [9.17, 15) is 0 Å². The van der Waals surface area contributed by atoms with Crippen LogP contribution in [0.3, 0.4) is 0 Å². The summed E-state index contributed by atoms with van der Waals surface area (Å²) in [5.74, 6) is 3.13. The van der Waals surface area contributed by atoms with Crippen LogP contribution >= 0.6 is 11.3 Å². The number of anilines is 3. The molecule has 0 spiro atoms. The Bertz CT molecular complexity index is 1050. The monoisotopic (exact) mass is 457 g/mol. The summed E-state index contributed by atoms with van der Waals surface area (Å²) >= 11 is 1.50. The van der Waals surface area contributed by atoms with Crippen molar-refractivity contribution in [3.05, 3.63) is 30.2 Å². The number of rotatable bonds is 8. The van der Waals surface area contributed by atoms with E-state index in [2.05, 4.69) is 35.1 Å². The largest absolute Gasteiger partial charge is 0.493 e. The van der Waals surface area contributed by atoms with E-state index in [1.165, 1.54) is 11.3 Å². The highest BCUT2D eigenvalue weighted by Gasteiger charge is 2.20. The van der Waals surface area contributed by atoms with E-state index in [-0.39, 0.29) is 6.61 Å². The Hall–Kier alpha value is -3.02. The molecular weight excluding hydrogens is 430 g/mol. The smallest absolute Gasteiger partial charge is 0.234 e. The minimum Gasteiger partial charge on any atom is -0.493 e. The molecule has 0 aliphatic carbocycles. The Balaban J connectivity index is 1.48. The van der Waals surface area contributed by atoms with Crippen molar-refractivity contribution in [2.45, 2.75) is 6.92 Å². The van der Waals surface area contributed by atoms with Crippen LogP contribution in [-0.4, -0.2) is 83.5 Å². The standard InChI is InChI=1S/C21H27N7O3S/c1-14-23-19(25-20(24-14)28-8-6-27(7-9-28)10-11-29)26-21-22-13-18(32-21)15-4-5-16(30-2)17(12-15)31-3/h4-5,12-13,29H,6-11H2,1-3H3,(H,22,23,24,25,26). The Morgan fingerprint density at radius 2 is 1.84 bits per heavy atom. The van der Waals surface area contributed by atoms with Crippen LogP contribution in [-0.2, 0) is 0 Å². The van der Waals surface area contributed by atoms with Crippen LogP contribution in [0.4, 0.5) is 17.0 Å². The van der Waals surface area contributed by atoms with Gasteiger partial charge >= 0.3 is 0 Å². The highest BCUT2D eigenvalue weighted by molar-refractivity contribution is 7.18. The van der Waals surface area contributed by atoms with Crippen LogP contribution in [0.25, 0.3) is 10.4 Å². The first kappa shape index (κ1) is 22.2. The maximum absolute atomic E-state index is 9.13. The number of nitrogens with zero attached hydrogens (tertiary/aromatic N) is 6. The molecule has 10 nitrogen and oxygen atoms in total. The lowest BCUT2D eigenvalue weighted by Gasteiger charge is -2.34. The van der Waals surface area contributed by atoms with Gasteiger partial charge in [-0.25, -0.2) is 4.98 Å². The van der Waals surface area contributed by atoms with Gasteiger partial charge in [-0.2, -0.15) is 15.0 Å². The molecule has 0 atom stereocenters. The van der Waals surface area contributed by atoms with E-state index in [1.807, 2.05) is 31.3 Å². The predicted octanol–water partition coefficient (Wildman–Crippen LogP) is 2.18. The van der Waals surface area contributed by atoms with Crippen molar-refractivity contribution < 1.29 is 14.6 Å². The summed E-state index contributed by atoms with van der Waals surface area (Å²) in [5, 5.41) is 13.0. The molecule has 170 valence electrons. The number of aliphatic hydroxyl groups excluding tert-OH is 1. The number of thiazole rings is 1. The molecule has 3 aromatic rings. The highest BCUT2D eigenvalue weighted by atomic mass is 32.1. The Morgan fingerprint density at radius 1 is 1.06 bits per heavy atom. The van der Waals surface area contributed by atoms with Crippen LogP contribution in [0.15, 0.2) is 24.4 Å². The fourth-order valence-electron chi connectivity index (χ4n) is 3.53. The molecule has 1 aliphatic rings. The van der Waals surface area contributed by atoms with Gasteiger partial charge in [0.1, 0.15) is 5.82 Å². The zero-order chi connectivity index (χ0) is 22.5. The zero-order valence-electron chi connectivity index (χ0n) is 18.4. The number of hydrogen-bond donors (Lipinski definition) is 2. The van der Waals surface area contributed by atoms with E-state index in [1.54, 1.807) is 14.2 Å². The van der Waals surface area contributed by atoms with Crippen molar-refractivity contribution >= 4 is 28.4 Å². The van der Waals surface area contributed by atoms with Crippen LogP contribution in [0.2, 0.25) is 0 Å². The van der Waals surface area contributed by atoms with Crippen molar-refractivity contribution in [3.63, 3.8) is 0 Å². The van der Waals surface area contributed by atoms with Crippen LogP contribution in [0.1, 0.15) is 5.82 Å². The molecule has 1 aromatic carbocycles. The average molecular weight is 458 g/mol. The first-order chi connectivity index (χ1) is 15.6. The number of aliphatic hydroxyl groups is 1. The number of nitrogens with one attached hydrogen (secondary N) is 1. The lowest BCUT2D eigenvalue weighted by atomic mass is 10.2. The number of piperazine rings is 1. The van der Waals surface area contributed by atoms with Crippen molar-refractivity contribution in [1.82, 2.24) is 24.8 Å². The van der Waals surface area contributed by atoms with E-state index < -0.39 is 0 Å². The molecule has 2 aromatic heterocycles. The molecule has 1 aliphatic heterocycles. The topological polar surface area (TPSA) is 109 Å². The maximum Gasteiger partial charge on any atom is 0.234 e. The molecule has 1 fully saturated rings. The van der Waals surface area contributed by atoms with Gasteiger partial charge < -0.3 is 19.5 Å². The fraction of sp³-hybridized carbons (Fsp3) is 0.429. The number of methoxy groups -OCH3 is 2. The number of hydrogen-bond acceptors (Lipinski definition) is 11. The fourth-order valence-corrected chi connectivity index (χ4v) is 4.33. The summed E-state index contributed by atoms with van der Waals surface area (Å²) in [5.41, 5.74) is 0.987. The van der Waals surface area contributed by atoms with Crippen molar-refractivity contribution in [2.75, 3.05) is 63.8 Å². The second-order valence-electron chi connectivity index (χ2n) is 7.28. The first-order valence-electron chi connectivity index (χ1n) is 10.4. The average Bonchev–Trinajstić information content (AvgIpc) is 3.27. The molecule has 0 unspecified atom stereocenters. The molecule has 11 heteroatoms. The second-order valence-corrected chi connectivity index (χ2v) is 8.31. The molecule has 4 rings (SSSR count). The minimum absolute atomic E-state index is 0.179. The van der Waals surface area contributed by atoms with Gasteiger partial charge in [0.2, 0.25) is 11.9 Å². The van der Waals surface area contributed by atoms with Crippen LogP contribution < -0.4 is 19.7 Å². The van der Waals surface area contributed by atoms with Gasteiger partial charge in [0.15, 0.2) is 16.6 Å². The van der Waals surface area contributed by atoms with Gasteiger partial charge in [-0.1, -0.05) is 11.3 Å². The number of benzene rings is 1. The number of aryl methyl sites for hydroxylation is 1. The van der Waals surface area contributed by atoms with Gasteiger partial charge in [0.25, 0.3) is 0 Å². The molecule has 2 N–H and O–H groups in total. The molecule has 0 bridgehead atoms. The maximum atomic E-state index is 9.13. The van der Waals surface area contributed by atoms with E-state index in [0.29, 0.717) is 40.9 Å². The SMILES string of the molecule is COc1ccc(-c2cnc(Nc3nc(C)nc(N4CCN(CCO)CC4)n3)s2)cc1OC. The van der Waals surface area contributed by atoms with Crippen molar-refractivity contribution in [2.24, 2.45) is 0 Å². The molecule has 3 heterocycles. The summed E-state index contributed by atoms with van der Waals surface area (Å²) in [6.07, 6.45) is 1.81. The van der Waals surface area contributed by atoms with E-state index in [4.69, 9.17) is 14.6 Å². The van der Waals surface area contributed by atoms with Gasteiger partial charge in [-0.3, -0.25) is 10.2 Å². The molecule has 0 amide bonds. The summed E-state index contributed by atoms with van der Waals surface area (Å²) in [6.45, 7) is 6.09. The number of aromatic nitrogens is 4. The Morgan fingerprint density at radius 3 is 2.56 bits per heavy atom. The van der Waals surface area contributed by atoms with Crippen LogP contribution in [0.5, 0.6) is 11.5 Å². The molecule has 0 radical (unpaired) electrons. The van der Waals surface area contributed by atoms with Gasteiger partial charge in [0.05, 0.1) is 25.7 Å². The van der Waals surface area contributed by atoms with Gasteiger partial charge in [0, 0.05) is 38.9 Å². The van der Waals surface area contributed by atoms with Crippen molar-refractivity contribution in [1.29, 1.82) is 0 Å². The van der Waals surface area contributed by atoms with E-state index in [0.717, 1.165) is 36.6 Å². The lowest BCUT2D eigenvalue weighted by molar-refractivity contribution is 0.188. The van der Waals surface area contributed by atoms with Crippen molar-refractivity contribution in [3.8, 4) is 21.9 Å². The summed E-state index contributed by atoms with van der Waals surface area (Å²) in [7, 11) is 3.24. The van der Waals surface area contributed by atoms with E-state index >= 15 is 0 Å². The third kappa shape index (κ3) is 5.06. The van der Waals surface area contributed by atoms with Gasteiger partial charge in [-0.05, 0) is 30.7 Å². The summed E-state index contributed by atoms with van der Waals surface area (Å²) < 4.78 is 10.7. The normalized spacial score (nSPS) is 14.4. The Kier molecular flexibility index (Phi) is 6.98. The first-order valence-corrected chi connectivity index (χ1v) is 11.2. The highest BCUT2D eigenvalue weighted by Crippen LogP contribution is 2.36. The molecular formula is C21H27N7O3S. The minimum atomic E-state index is 0.179. The molecule has 1 saturated heterocycles. The van der Waals surface area contributed by atoms with Crippen LogP contribution in [0, 0.1) is 6.92 Å².